The van der Waals surface area contributed by atoms with Crippen molar-refractivity contribution in [3.63, 3.8) is 0 Å². The molecule has 28 heavy (non-hydrogen) atoms. The third-order valence-electron chi connectivity index (χ3n) is 3.82. The number of hydrogen-bond acceptors (Lipinski definition) is 6. The van der Waals surface area contributed by atoms with Crippen LogP contribution in [0.1, 0.15) is 16.8 Å². The van der Waals surface area contributed by atoms with Crippen molar-refractivity contribution in [3.8, 4) is 5.75 Å². The number of para-hydroxylation sites is 2. The second-order valence-corrected chi connectivity index (χ2v) is 6.96. The van der Waals surface area contributed by atoms with Crippen LogP contribution in [0, 0.1) is 0 Å². The summed E-state index contributed by atoms with van der Waals surface area (Å²) in [4.78, 5) is 36.7. The molecule has 9 heteroatoms. The van der Waals surface area contributed by atoms with Crippen molar-refractivity contribution in [2.75, 3.05) is 12.4 Å². The zero-order chi connectivity index (χ0) is 19.9. The SMILES string of the molecule is COc1ccccc1C(=O)N/N=C1\NC(=O)C[C@@H](C(=O)Nc2ccccc2)S1. The molecule has 1 aliphatic rings. The molecule has 144 valence electrons. The van der Waals surface area contributed by atoms with Gasteiger partial charge in [-0.15, -0.1) is 5.10 Å². The minimum Gasteiger partial charge on any atom is -0.496 e. The maximum absolute atomic E-state index is 12.4. The van der Waals surface area contributed by atoms with Crippen LogP contribution in [0.5, 0.6) is 5.75 Å². The van der Waals surface area contributed by atoms with Crippen LogP contribution in [-0.2, 0) is 9.59 Å². The Hall–Kier alpha value is -3.33. The van der Waals surface area contributed by atoms with Crippen molar-refractivity contribution in [1.29, 1.82) is 0 Å². The molecule has 0 aliphatic carbocycles. The quantitative estimate of drug-likeness (QED) is 0.667. The molecule has 3 amide bonds. The highest BCUT2D eigenvalue weighted by molar-refractivity contribution is 8.15. The van der Waals surface area contributed by atoms with Gasteiger partial charge < -0.3 is 15.4 Å². The van der Waals surface area contributed by atoms with Crippen molar-refractivity contribution in [2.45, 2.75) is 11.7 Å². The van der Waals surface area contributed by atoms with Gasteiger partial charge in [-0.2, -0.15) is 0 Å². The first-order valence-corrected chi connectivity index (χ1v) is 9.28. The third kappa shape index (κ3) is 4.89. The molecule has 8 nitrogen and oxygen atoms in total. The van der Waals surface area contributed by atoms with Gasteiger partial charge in [-0.3, -0.25) is 14.4 Å². The van der Waals surface area contributed by atoms with Gasteiger partial charge in [-0.05, 0) is 24.3 Å². The van der Waals surface area contributed by atoms with Gasteiger partial charge in [0.15, 0.2) is 5.17 Å². The fourth-order valence-corrected chi connectivity index (χ4v) is 3.42. The third-order valence-corrected chi connectivity index (χ3v) is 4.90. The minimum absolute atomic E-state index is 0.0167. The zero-order valence-corrected chi connectivity index (χ0v) is 15.8. The number of nitrogens with zero attached hydrogens (tertiary/aromatic N) is 1. The summed E-state index contributed by atoms with van der Waals surface area (Å²) in [5.41, 5.74) is 3.32. The number of rotatable bonds is 5. The number of anilines is 1. The van der Waals surface area contributed by atoms with Crippen LogP contribution in [0.4, 0.5) is 5.69 Å². The van der Waals surface area contributed by atoms with E-state index in [1.165, 1.54) is 7.11 Å². The largest absolute Gasteiger partial charge is 0.496 e. The molecule has 2 aromatic carbocycles. The Morgan fingerprint density at radius 3 is 2.61 bits per heavy atom. The van der Waals surface area contributed by atoms with E-state index in [2.05, 4.69) is 21.2 Å². The highest BCUT2D eigenvalue weighted by Crippen LogP contribution is 2.22. The lowest BCUT2D eigenvalue weighted by Crippen LogP contribution is -2.42. The zero-order valence-electron chi connectivity index (χ0n) is 15.0. The molecule has 1 aliphatic heterocycles. The topological polar surface area (TPSA) is 109 Å². The normalized spacial score (nSPS) is 17.5. The van der Waals surface area contributed by atoms with E-state index in [0.717, 1.165) is 11.8 Å². The predicted octanol–water partition coefficient (Wildman–Crippen LogP) is 1.96. The van der Waals surface area contributed by atoms with E-state index in [-0.39, 0.29) is 23.4 Å². The van der Waals surface area contributed by atoms with Crippen molar-refractivity contribution < 1.29 is 19.1 Å². The smallest absolute Gasteiger partial charge is 0.275 e. The van der Waals surface area contributed by atoms with Crippen LogP contribution >= 0.6 is 11.8 Å². The number of carbonyl (C=O) groups is 3. The lowest BCUT2D eigenvalue weighted by Gasteiger charge is -2.22. The van der Waals surface area contributed by atoms with Gasteiger partial charge in [-0.1, -0.05) is 42.1 Å². The number of hydrogen-bond donors (Lipinski definition) is 3. The monoisotopic (exact) mass is 398 g/mol. The highest BCUT2D eigenvalue weighted by atomic mass is 32.2. The number of methoxy groups -OCH3 is 1. The number of hydrazone groups is 1. The average molecular weight is 398 g/mol. The van der Waals surface area contributed by atoms with Gasteiger partial charge in [0.25, 0.3) is 5.91 Å². The number of amidine groups is 1. The van der Waals surface area contributed by atoms with Gasteiger partial charge in [0, 0.05) is 12.1 Å². The van der Waals surface area contributed by atoms with Crippen molar-refractivity contribution >= 4 is 40.3 Å². The lowest BCUT2D eigenvalue weighted by molar-refractivity contribution is -0.123. The van der Waals surface area contributed by atoms with E-state index in [1.807, 2.05) is 6.07 Å². The molecule has 0 radical (unpaired) electrons. The van der Waals surface area contributed by atoms with Crippen LogP contribution in [-0.4, -0.2) is 35.2 Å². The molecule has 1 saturated heterocycles. The van der Waals surface area contributed by atoms with Crippen molar-refractivity contribution in [2.24, 2.45) is 5.10 Å². The van der Waals surface area contributed by atoms with E-state index >= 15 is 0 Å². The number of thioether (sulfide) groups is 1. The molecular weight excluding hydrogens is 380 g/mol. The summed E-state index contributed by atoms with van der Waals surface area (Å²) in [7, 11) is 1.46. The number of nitrogens with one attached hydrogen (secondary N) is 3. The molecular formula is C19H18N4O4S. The molecule has 1 fully saturated rings. The Bertz CT molecular complexity index is 917. The molecule has 0 aromatic heterocycles. The molecule has 3 N–H and O–H groups in total. The van der Waals surface area contributed by atoms with E-state index in [1.54, 1.807) is 48.5 Å². The van der Waals surface area contributed by atoms with Crippen LogP contribution in [0.2, 0.25) is 0 Å². The molecule has 1 heterocycles. The summed E-state index contributed by atoms with van der Waals surface area (Å²) >= 11 is 1.07. The van der Waals surface area contributed by atoms with E-state index in [4.69, 9.17) is 4.74 Å². The Morgan fingerprint density at radius 2 is 1.86 bits per heavy atom. The van der Waals surface area contributed by atoms with Crippen LogP contribution in [0.25, 0.3) is 0 Å². The van der Waals surface area contributed by atoms with Gasteiger partial charge in [0.1, 0.15) is 11.0 Å². The number of carbonyl (C=O) groups excluding carboxylic acids is 3. The Kier molecular flexibility index (Phi) is 6.28. The summed E-state index contributed by atoms with van der Waals surface area (Å²) in [6, 6.07) is 15.7. The first kappa shape index (κ1) is 19.4. The van der Waals surface area contributed by atoms with E-state index in [9.17, 15) is 14.4 Å². The summed E-state index contributed by atoms with van der Waals surface area (Å²) < 4.78 is 5.14. The minimum atomic E-state index is -0.657. The summed E-state index contributed by atoms with van der Waals surface area (Å²) in [6.07, 6.45) is 0.0167. The van der Waals surface area contributed by atoms with Crippen LogP contribution in [0.3, 0.4) is 0 Å². The van der Waals surface area contributed by atoms with Gasteiger partial charge in [0.05, 0.1) is 12.7 Å². The second kappa shape index (κ2) is 9.05. The molecule has 0 spiro atoms. The second-order valence-electron chi connectivity index (χ2n) is 5.77. The predicted molar refractivity (Wildman–Crippen MR) is 107 cm³/mol. The number of benzene rings is 2. The number of ether oxygens (including phenoxy) is 1. The van der Waals surface area contributed by atoms with Gasteiger partial charge in [-0.25, -0.2) is 5.43 Å². The number of amides is 3. The Labute approximate surface area is 165 Å². The highest BCUT2D eigenvalue weighted by Gasteiger charge is 2.30. The van der Waals surface area contributed by atoms with Gasteiger partial charge >= 0.3 is 0 Å². The first-order valence-electron chi connectivity index (χ1n) is 8.40. The maximum atomic E-state index is 12.4. The first-order chi connectivity index (χ1) is 13.6. The molecule has 2 aromatic rings. The maximum Gasteiger partial charge on any atom is 0.275 e. The average Bonchev–Trinajstić information content (AvgIpc) is 2.72. The Balaban J connectivity index is 1.66. The molecule has 0 unspecified atom stereocenters. The molecule has 0 saturated carbocycles. The summed E-state index contributed by atoms with van der Waals surface area (Å²) in [5.74, 6) is -0.747. The van der Waals surface area contributed by atoms with Crippen molar-refractivity contribution in [3.05, 3.63) is 60.2 Å². The lowest BCUT2D eigenvalue weighted by atomic mass is 10.2. The van der Waals surface area contributed by atoms with Crippen LogP contribution < -0.4 is 20.8 Å². The molecule has 0 bridgehead atoms. The van der Waals surface area contributed by atoms with Crippen molar-refractivity contribution in [1.82, 2.24) is 10.7 Å². The molecule has 3 rings (SSSR count). The fourth-order valence-electron chi connectivity index (χ4n) is 2.48. The summed E-state index contributed by atoms with van der Waals surface area (Å²) in [6.45, 7) is 0. The fraction of sp³-hybridized carbons (Fsp3) is 0.158. The van der Waals surface area contributed by atoms with E-state index in [0.29, 0.717) is 17.0 Å². The van der Waals surface area contributed by atoms with Crippen LogP contribution in [0.15, 0.2) is 59.7 Å². The van der Waals surface area contributed by atoms with Gasteiger partial charge in [0.2, 0.25) is 11.8 Å². The van der Waals surface area contributed by atoms with E-state index < -0.39 is 11.2 Å². The standard InChI is InChI=1S/C19H18N4O4S/c1-27-14-10-6-5-9-13(14)17(25)22-23-19-21-16(24)11-15(28-19)18(26)20-12-7-3-2-4-8-12/h2-10,15H,11H2,1H3,(H,20,26)(H,22,25)(H,21,23,24)/t15-/m0/s1. The summed E-state index contributed by atoms with van der Waals surface area (Å²) in [5, 5.41) is 8.74. The Morgan fingerprint density at radius 1 is 1.14 bits per heavy atom. The molecule has 1 atom stereocenters.